The number of nitrogens with one attached hydrogen (secondary N) is 2. The van der Waals surface area contributed by atoms with Gasteiger partial charge in [0.1, 0.15) is 5.75 Å². The second-order valence-corrected chi connectivity index (χ2v) is 12.1. The largest absolute Gasteiger partial charge is 0.493 e. The van der Waals surface area contributed by atoms with E-state index >= 15 is 0 Å². The van der Waals surface area contributed by atoms with Gasteiger partial charge >= 0.3 is 6.03 Å². The van der Waals surface area contributed by atoms with E-state index in [4.69, 9.17) is 14.2 Å². The van der Waals surface area contributed by atoms with Crippen LogP contribution >= 0.6 is 0 Å². The van der Waals surface area contributed by atoms with E-state index < -0.39 is 5.60 Å². The first kappa shape index (κ1) is 29.4. The van der Waals surface area contributed by atoms with Gasteiger partial charge in [-0.2, -0.15) is 0 Å². The Morgan fingerprint density at radius 2 is 1.29 bits per heavy atom. The topological polar surface area (TPSA) is 68.8 Å². The van der Waals surface area contributed by atoms with Crippen molar-refractivity contribution in [1.82, 2.24) is 0 Å². The van der Waals surface area contributed by atoms with Gasteiger partial charge in [-0.25, -0.2) is 4.79 Å². The van der Waals surface area contributed by atoms with E-state index in [1.165, 1.54) is 16.7 Å². The van der Waals surface area contributed by atoms with Crippen LogP contribution in [0.2, 0.25) is 0 Å². The number of benzene rings is 6. The van der Waals surface area contributed by atoms with E-state index in [-0.39, 0.29) is 6.03 Å². The van der Waals surface area contributed by atoms with E-state index in [0.717, 1.165) is 57.3 Å². The maximum Gasteiger partial charge on any atom is 0.323 e. The summed E-state index contributed by atoms with van der Waals surface area (Å²) in [5.41, 5.74) is 8.27. The van der Waals surface area contributed by atoms with Gasteiger partial charge in [0.25, 0.3) is 0 Å². The van der Waals surface area contributed by atoms with Crippen molar-refractivity contribution in [3.8, 4) is 28.4 Å². The zero-order valence-electron chi connectivity index (χ0n) is 26.7. The van der Waals surface area contributed by atoms with Crippen LogP contribution in [0.15, 0.2) is 127 Å². The lowest BCUT2D eigenvalue weighted by atomic mass is 9.78. The van der Waals surface area contributed by atoms with Gasteiger partial charge in [-0.05, 0) is 88.9 Å². The molecule has 0 radical (unpaired) electrons. The molecule has 0 saturated carbocycles. The van der Waals surface area contributed by atoms with Crippen LogP contribution in [0.1, 0.15) is 27.8 Å². The SMILES string of the molecule is COc1cc2c3c(c4c(c2cc1OC)CCc1ccccc1-4)OC(c1ccccc1)(c1ccc(NC(=O)Nc2ccccc2)cc1)C=C3. The molecule has 6 aromatic rings. The molecule has 0 saturated heterocycles. The highest BCUT2D eigenvalue weighted by atomic mass is 16.5. The number of hydrogen-bond acceptors (Lipinski definition) is 4. The molecule has 236 valence electrons. The molecular weight excluding hydrogens is 596 g/mol. The van der Waals surface area contributed by atoms with E-state index in [2.05, 4.69) is 71.3 Å². The summed E-state index contributed by atoms with van der Waals surface area (Å²) in [4.78, 5) is 12.7. The number of hydrogen-bond donors (Lipinski definition) is 2. The van der Waals surface area contributed by atoms with Gasteiger partial charge in [0.05, 0.1) is 14.2 Å². The molecule has 1 atom stereocenters. The number of carbonyl (C=O) groups is 1. The number of rotatable bonds is 6. The first-order chi connectivity index (χ1) is 23.6. The van der Waals surface area contributed by atoms with Crippen LogP contribution in [0.4, 0.5) is 16.2 Å². The monoisotopic (exact) mass is 630 g/mol. The number of fused-ring (bicyclic) bond motifs is 8. The first-order valence-electron chi connectivity index (χ1n) is 16.1. The molecule has 6 nitrogen and oxygen atoms in total. The Bertz CT molecular complexity index is 2190. The summed E-state index contributed by atoms with van der Waals surface area (Å²) in [7, 11) is 3.35. The van der Waals surface area contributed by atoms with Crippen molar-refractivity contribution >= 4 is 34.3 Å². The highest BCUT2D eigenvalue weighted by molar-refractivity contribution is 6.05. The summed E-state index contributed by atoms with van der Waals surface area (Å²) in [5, 5.41) is 8.02. The highest BCUT2D eigenvalue weighted by Gasteiger charge is 2.40. The fourth-order valence-corrected chi connectivity index (χ4v) is 7.11. The normalized spacial score (nSPS) is 15.8. The number of para-hydroxylation sites is 1. The average molecular weight is 631 g/mol. The van der Waals surface area contributed by atoms with Crippen molar-refractivity contribution in [1.29, 1.82) is 0 Å². The lowest BCUT2D eigenvalue weighted by Gasteiger charge is -2.39. The summed E-state index contributed by atoms with van der Waals surface area (Å²) in [5.74, 6) is 2.22. The van der Waals surface area contributed by atoms with Gasteiger partial charge in [-0.3, -0.25) is 0 Å². The molecule has 48 heavy (non-hydrogen) atoms. The molecule has 1 aliphatic heterocycles. The molecule has 1 heterocycles. The van der Waals surface area contributed by atoms with Crippen molar-refractivity contribution in [2.75, 3.05) is 24.9 Å². The molecule has 8 rings (SSSR count). The summed E-state index contributed by atoms with van der Waals surface area (Å²) in [6.45, 7) is 0. The molecule has 0 bridgehead atoms. The number of aryl methyl sites for hydroxylation is 2. The van der Waals surface area contributed by atoms with E-state index in [1.807, 2.05) is 72.8 Å². The molecule has 1 unspecified atom stereocenters. The lowest BCUT2D eigenvalue weighted by molar-refractivity contribution is 0.162. The third kappa shape index (κ3) is 4.94. The Morgan fingerprint density at radius 1 is 0.688 bits per heavy atom. The lowest BCUT2D eigenvalue weighted by Crippen LogP contribution is -2.35. The minimum atomic E-state index is -0.927. The van der Waals surface area contributed by atoms with Gasteiger partial charge in [-0.1, -0.05) is 84.9 Å². The van der Waals surface area contributed by atoms with Crippen molar-refractivity contribution in [3.05, 3.63) is 155 Å². The third-order valence-corrected chi connectivity index (χ3v) is 9.40. The maximum absolute atomic E-state index is 12.7. The Labute approximate surface area is 279 Å². The van der Waals surface area contributed by atoms with Gasteiger partial charge < -0.3 is 24.8 Å². The number of carbonyl (C=O) groups excluding carboxylic acids is 1. The van der Waals surface area contributed by atoms with E-state index in [0.29, 0.717) is 17.2 Å². The van der Waals surface area contributed by atoms with Crippen LogP contribution in [0.25, 0.3) is 28.0 Å². The van der Waals surface area contributed by atoms with Crippen molar-refractivity contribution in [2.24, 2.45) is 0 Å². The predicted octanol–water partition coefficient (Wildman–Crippen LogP) is 9.62. The number of ether oxygens (including phenoxy) is 3. The zero-order chi connectivity index (χ0) is 32.7. The highest BCUT2D eigenvalue weighted by Crippen LogP contribution is 2.53. The van der Waals surface area contributed by atoms with Gasteiger partial charge in [0.15, 0.2) is 17.1 Å². The van der Waals surface area contributed by atoms with Crippen molar-refractivity contribution in [2.45, 2.75) is 18.4 Å². The molecule has 0 aromatic heterocycles. The Hall–Kier alpha value is -6.01. The van der Waals surface area contributed by atoms with Gasteiger partial charge in [0.2, 0.25) is 0 Å². The molecule has 0 fully saturated rings. The first-order valence-corrected chi connectivity index (χ1v) is 16.1. The van der Waals surface area contributed by atoms with Crippen molar-refractivity contribution in [3.63, 3.8) is 0 Å². The second kappa shape index (κ2) is 12.0. The molecular formula is C42H34N2O4. The molecule has 1 aliphatic carbocycles. The van der Waals surface area contributed by atoms with Gasteiger partial charge in [-0.15, -0.1) is 0 Å². The zero-order valence-corrected chi connectivity index (χ0v) is 26.7. The quantitative estimate of drug-likeness (QED) is 0.192. The molecule has 2 N–H and O–H groups in total. The molecule has 6 aromatic carbocycles. The Kier molecular flexibility index (Phi) is 7.33. The second-order valence-electron chi connectivity index (χ2n) is 12.1. The summed E-state index contributed by atoms with van der Waals surface area (Å²) in [6, 6.07) is 40.0. The number of urea groups is 1. The molecule has 6 heteroatoms. The van der Waals surface area contributed by atoms with Crippen LogP contribution in [0.5, 0.6) is 17.2 Å². The van der Waals surface area contributed by atoms with Crippen LogP contribution in [0, 0.1) is 0 Å². The molecule has 2 aliphatic rings. The standard InChI is InChI=1S/C42H34N2O4/c1-46-37-25-35-33-22-17-27-11-9-10-16-32(27)39(33)40-34(36(35)26-38(37)47-2)23-24-42(48-40,28-12-5-3-6-13-28)29-18-20-31(21-19-29)44-41(45)43-30-14-7-4-8-15-30/h3-16,18-21,23-26H,17,22H2,1-2H3,(H2,43,44,45). The molecule has 2 amide bonds. The smallest absolute Gasteiger partial charge is 0.323 e. The minimum absolute atomic E-state index is 0.307. The third-order valence-electron chi connectivity index (χ3n) is 9.40. The maximum atomic E-state index is 12.7. The van der Waals surface area contributed by atoms with Crippen LogP contribution in [-0.2, 0) is 18.4 Å². The van der Waals surface area contributed by atoms with Crippen LogP contribution < -0.4 is 24.8 Å². The fourth-order valence-electron chi connectivity index (χ4n) is 7.11. The van der Waals surface area contributed by atoms with Crippen LogP contribution in [0.3, 0.4) is 0 Å². The summed E-state index contributed by atoms with van der Waals surface area (Å²) >= 11 is 0. The average Bonchev–Trinajstić information content (AvgIpc) is 3.14. The molecule has 0 spiro atoms. The van der Waals surface area contributed by atoms with Crippen molar-refractivity contribution < 1.29 is 19.0 Å². The minimum Gasteiger partial charge on any atom is -0.493 e. The number of anilines is 2. The van der Waals surface area contributed by atoms with Gasteiger partial charge in [0, 0.05) is 33.6 Å². The van der Waals surface area contributed by atoms with E-state index in [1.54, 1.807) is 14.2 Å². The van der Waals surface area contributed by atoms with Crippen LogP contribution in [-0.4, -0.2) is 20.3 Å². The number of methoxy groups -OCH3 is 2. The summed E-state index contributed by atoms with van der Waals surface area (Å²) in [6.07, 6.45) is 6.16. The summed E-state index contributed by atoms with van der Waals surface area (Å²) < 4.78 is 18.9. The van der Waals surface area contributed by atoms with E-state index in [9.17, 15) is 4.79 Å². The Balaban J connectivity index is 1.28. The number of amides is 2. The Morgan fingerprint density at radius 3 is 2.00 bits per heavy atom. The fraction of sp³-hybridized carbons (Fsp3) is 0.119. The predicted molar refractivity (Wildman–Crippen MR) is 192 cm³/mol.